The molecule has 20 heavy (non-hydrogen) atoms. The Morgan fingerprint density at radius 1 is 1.30 bits per heavy atom. The van der Waals surface area contributed by atoms with Crippen LogP contribution in [0.25, 0.3) is 0 Å². The van der Waals surface area contributed by atoms with Gasteiger partial charge in [-0.2, -0.15) is 0 Å². The van der Waals surface area contributed by atoms with E-state index in [-0.39, 0.29) is 12.5 Å². The van der Waals surface area contributed by atoms with E-state index in [1.54, 1.807) is 29.5 Å². The van der Waals surface area contributed by atoms with E-state index in [2.05, 4.69) is 5.32 Å². The molecule has 0 atom stereocenters. The number of nitrogens with one attached hydrogen (secondary N) is 1. The van der Waals surface area contributed by atoms with Crippen LogP contribution in [-0.2, 0) is 6.61 Å². The van der Waals surface area contributed by atoms with Crippen LogP contribution in [0.15, 0.2) is 41.8 Å². The highest BCUT2D eigenvalue weighted by atomic mass is 32.1. The second-order valence-electron chi connectivity index (χ2n) is 4.23. The highest BCUT2D eigenvalue weighted by Crippen LogP contribution is 2.17. The first kappa shape index (κ1) is 14.6. The van der Waals surface area contributed by atoms with Crippen molar-refractivity contribution in [3.8, 4) is 5.75 Å². The lowest BCUT2D eigenvalue weighted by Crippen LogP contribution is -2.24. The minimum absolute atomic E-state index is 0.0737. The van der Waals surface area contributed by atoms with Crippen LogP contribution in [0.1, 0.15) is 21.7 Å². The monoisotopic (exact) mass is 291 g/mol. The Hall–Kier alpha value is -1.85. The van der Waals surface area contributed by atoms with Crippen molar-refractivity contribution in [3.05, 3.63) is 52.2 Å². The molecule has 5 heteroatoms. The van der Waals surface area contributed by atoms with Gasteiger partial charge in [-0.05, 0) is 36.1 Å². The number of thiophene rings is 1. The molecule has 0 spiro atoms. The molecule has 1 amide bonds. The maximum absolute atomic E-state index is 11.9. The van der Waals surface area contributed by atoms with E-state index in [1.807, 2.05) is 23.6 Å². The van der Waals surface area contributed by atoms with Crippen molar-refractivity contribution < 1.29 is 14.6 Å². The van der Waals surface area contributed by atoms with E-state index in [0.717, 1.165) is 4.88 Å². The SMILES string of the molecule is O=C(NCCCO)c1cccc(OCc2cccs2)c1. The van der Waals surface area contributed by atoms with Crippen LogP contribution in [-0.4, -0.2) is 24.2 Å². The minimum atomic E-state index is -0.153. The van der Waals surface area contributed by atoms with Gasteiger partial charge in [0.25, 0.3) is 5.91 Å². The van der Waals surface area contributed by atoms with Crippen molar-refractivity contribution in [3.63, 3.8) is 0 Å². The van der Waals surface area contributed by atoms with Gasteiger partial charge in [-0.3, -0.25) is 4.79 Å². The van der Waals surface area contributed by atoms with Crippen LogP contribution >= 0.6 is 11.3 Å². The lowest BCUT2D eigenvalue weighted by atomic mass is 10.2. The Bertz CT molecular complexity index is 540. The van der Waals surface area contributed by atoms with E-state index in [0.29, 0.717) is 30.9 Å². The number of amides is 1. The molecule has 0 unspecified atom stereocenters. The molecule has 0 fully saturated rings. The van der Waals surface area contributed by atoms with Crippen molar-refractivity contribution in [1.29, 1.82) is 0 Å². The summed E-state index contributed by atoms with van der Waals surface area (Å²) in [5.41, 5.74) is 0.562. The third kappa shape index (κ3) is 4.36. The van der Waals surface area contributed by atoms with Crippen LogP contribution < -0.4 is 10.1 Å². The molecule has 106 valence electrons. The molecule has 2 aromatic rings. The molecule has 1 aromatic heterocycles. The van der Waals surface area contributed by atoms with Gasteiger partial charge in [-0.1, -0.05) is 12.1 Å². The smallest absolute Gasteiger partial charge is 0.251 e. The van der Waals surface area contributed by atoms with Crippen molar-refractivity contribution in [2.24, 2.45) is 0 Å². The fraction of sp³-hybridized carbons (Fsp3) is 0.267. The normalized spacial score (nSPS) is 10.2. The Morgan fingerprint density at radius 2 is 2.20 bits per heavy atom. The van der Waals surface area contributed by atoms with Gasteiger partial charge in [0.2, 0.25) is 0 Å². The van der Waals surface area contributed by atoms with Crippen LogP contribution in [0.2, 0.25) is 0 Å². The first-order chi connectivity index (χ1) is 9.79. The number of hydrogen-bond acceptors (Lipinski definition) is 4. The number of benzene rings is 1. The van der Waals surface area contributed by atoms with E-state index < -0.39 is 0 Å². The number of carbonyl (C=O) groups excluding carboxylic acids is 1. The number of rotatable bonds is 7. The Morgan fingerprint density at radius 3 is 2.95 bits per heavy atom. The zero-order valence-electron chi connectivity index (χ0n) is 11.0. The fourth-order valence-electron chi connectivity index (χ4n) is 1.66. The summed E-state index contributed by atoms with van der Waals surface area (Å²) in [4.78, 5) is 13.0. The Balaban J connectivity index is 1.91. The predicted molar refractivity (Wildman–Crippen MR) is 79.1 cm³/mol. The van der Waals surface area contributed by atoms with Gasteiger partial charge in [0.05, 0.1) is 0 Å². The molecule has 0 aliphatic rings. The number of ether oxygens (including phenoxy) is 1. The van der Waals surface area contributed by atoms with Gasteiger partial charge in [0, 0.05) is 23.6 Å². The van der Waals surface area contributed by atoms with Gasteiger partial charge >= 0.3 is 0 Å². The number of hydrogen-bond donors (Lipinski definition) is 2. The summed E-state index contributed by atoms with van der Waals surface area (Å²) in [6.45, 7) is 1.05. The van der Waals surface area contributed by atoms with Crippen molar-refractivity contribution in [2.45, 2.75) is 13.0 Å². The Kier molecular flexibility index (Phi) is 5.58. The molecule has 0 radical (unpaired) electrons. The third-order valence-electron chi connectivity index (χ3n) is 2.68. The first-order valence-corrected chi connectivity index (χ1v) is 7.32. The highest BCUT2D eigenvalue weighted by molar-refractivity contribution is 7.09. The molecule has 1 heterocycles. The average Bonchev–Trinajstić information content (AvgIpc) is 2.99. The molecule has 0 saturated heterocycles. The second kappa shape index (κ2) is 7.67. The molecular formula is C15H17NO3S. The molecular weight excluding hydrogens is 274 g/mol. The molecule has 2 rings (SSSR count). The van der Waals surface area contributed by atoms with Gasteiger partial charge in [-0.15, -0.1) is 11.3 Å². The van der Waals surface area contributed by atoms with Gasteiger partial charge in [-0.25, -0.2) is 0 Å². The van der Waals surface area contributed by atoms with Crippen LogP contribution in [0, 0.1) is 0 Å². The zero-order valence-corrected chi connectivity index (χ0v) is 11.9. The van der Waals surface area contributed by atoms with Crippen molar-refractivity contribution in [1.82, 2.24) is 5.32 Å². The third-order valence-corrected chi connectivity index (χ3v) is 3.53. The van der Waals surface area contributed by atoms with Gasteiger partial charge in [0.15, 0.2) is 0 Å². The standard InChI is InChI=1S/C15H17NO3S/c17-8-3-7-16-15(18)12-4-1-5-13(10-12)19-11-14-6-2-9-20-14/h1-2,4-6,9-10,17H,3,7-8,11H2,(H,16,18). The second-order valence-corrected chi connectivity index (χ2v) is 5.26. The average molecular weight is 291 g/mol. The number of carbonyl (C=O) groups is 1. The predicted octanol–water partition coefficient (Wildman–Crippen LogP) is 2.44. The first-order valence-electron chi connectivity index (χ1n) is 6.44. The van der Waals surface area contributed by atoms with E-state index in [4.69, 9.17) is 9.84 Å². The minimum Gasteiger partial charge on any atom is -0.488 e. The fourth-order valence-corrected chi connectivity index (χ4v) is 2.28. The maximum Gasteiger partial charge on any atom is 0.251 e. The van der Waals surface area contributed by atoms with E-state index in [9.17, 15) is 4.79 Å². The van der Waals surface area contributed by atoms with Crippen molar-refractivity contribution in [2.75, 3.05) is 13.2 Å². The molecule has 0 saturated carbocycles. The summed E-state index contributed by atoms with van der Waals surface area (Å²) in [5.74, 6) is 0.522. The highest BCUT2D eigenvalue weighted by Gasteiger charge is 2.06. The van der Waals surface area contributed by atoms with E-state index in [1.165, 1.54) is 0 Å². The molecule has 0 bridgehead atoms. The maximum atomic E-state index is 11.9. The van der Waals surface area contributed by atoms with E-state index >= 15 is 0 Å². The number of aliphatic hydroxyl groups is 1. The molecule has 4 nitrogen and oxygen atoms in total. The topological polar surface area (TPSA) is 58.6 Å². The molecule has 0 aliphatic carbocycles. The summed E-state index contributed by atoms with van der Waals surface area (Å²) in [6, 6.07) is 11.1. The largest absolute Gasteiger partial charge is 0.488 e. The van der Waals surface area contributed by atoms with Gasteiger partial charge in [0.1, 0.15) is 12.4 Å². The molecule has 2 N–H and O–H groups in total. The lowest BCUT2D eigenvalue weighted by Gasteiger charge is -2.07. The molecule has 0 aliphatic heterocycles. The van der Waals surface area contributed by atoms with Gasteiger partial charge < -0.3 is 15.2 Å². The summed E-state index contributed by atoms with van der Waals surface area (Å²) >= 11 is 1.64. The summed E-state index contributed by atoms with van der Waals surface area (Å²) < 4.78 is 5.66. The zero-order chi connectivity index (χ0) is 14.2. The number of aliphatic hydroxyl groups excluding tert-OH is 1. The van der Waals surface area contributed by atoms with Crippen LogP contribution in [0.3, 0.4) is 0 Å². The van der Waals surface area contributed by atoms with Crippen LogP contribution in [0.5, 0.6) is 5.75 Å². The summed E-state index contributed by atoms with van der Waals surface area (Å²) in [7, 11) is 0. The Labute approximate surface area is 122 Å². The summed E-state index contributed by atoms with van der Waals surface area (Å²) in [6.07, 6.45) is 0.556. The quantitative estimate of drug-likeness (QED) is 0.770. The lowest BCUT2D eigenvalue weighted by molar-refractivity contribution is 0.0950. The van der Waals surface area contributed by atoms with Crippen LogP contribution in [0.4, 0.5) is 0 Å². The summed E-state index contributed by atoms with van der Waals surface area (Å²) in [5, 5.41) is 13.4. The van der Waals surface area contributed by atoms with Crippen molar-refractivity contribution >= 4 is 17.2 Å². The molecule has 1 aromatic carbocycles.